The molecule has 0 spiro atoms. The molecule has 1 N–H and O–H groups in total. The molecule has 0 radical (unpaired) electrons. The second-order valence-corrected chi connectivity index (χ2v) is 6.25. The van der Waals surface area contributed by atoms with Crippen molar-refractivity contribution in [2.75, 3.05) is 6.61 Å². The molecule has 1 amide bonds. The van der Waals surface area contributed by atoms with Crippen LogP contribution in [-0.2, 0) is 22.6 Å². The van der Waals surface area contributed by atoms with Gasteiger partial charge in [0.25, 0.3) is 5.91 Å². The van der Waals surface area contributed by atoms with Gasteiger partial charge in [-0.2, -0.15) is 5.10 Å². The maximum absolute atomic E-state index is 12.1. The number of benzene rings is 2. The maximum Gasteiger partial charge on any atom is 0.338 e. The van der Waals surface area contributed by atoms with E-state index < -0.39 is 11.9 Å². The van der Waals surface area contributed by atoms with Gasteiger partial charge in [0.05, 0.1) is 12.1 Å². The fraction of sp³-hybridized carbons (Fsp3) is 0.150. The first kappa shape index (κ1) is 18.7. The van der Waals surface area contributed by atoms with Crippen LogP contribution in [0.3, 0.4) is 0 Å². The van der Waals surface area contributed by atoms with Gasteiger partial charge >= 0.3 is 5.97 Å². The van der Waals surface area contributed by atoms with E-state index in [2.05, 4.69) is 10.4 Å². The lowest BCUT2D eigenvalue weighted by atomic mass is 10.1. The van der Waals surface area contributed by atoms with Crippen molar-refractivity contribution in [3.05, 3.63) is 88.7 Å². The Bertz CT molecular complexity index is 908. The Morgan fingerprint density at radius 3 is 2.56 bits per heavy atom. The van der Waals surface area contributed by atoms with E-state index in [-0.39, 0.29) is 13.2 Å². The molecule has 3 rings (SSSR count). The number of carbonyl (C=O) groups is 2. The van der Waals surface area contributed by atoms with Crippen molar-refractivity contribution in [3.8, 4) is 0 Å². The summed E-state index contributed by atoms with van der Waals surface area (Å²) < 4.78 is 6.84. The van der Waals surface area contributed by atoms with Crippen LogP contribution in [0.5, 0.6) is 0 Å². The lowest BCUT2D eigenvalue weighted by Gasteiger charge is -2.08. The zero-order valence-corrected chi connectivity index (χ0v) is 15.2. The van der Waals surface area contributed by atoms with E-state index in [1.54, 1.807) is 29.1 Å². The van der Waals surface area contributed by atoms with Gasteiger partial charge in [0.2, 0.25) is 0 Å². The molecule has 0 fully saturated rings. The number of carbonyl (C=O) groups excluding carboxylic acids is 2. The number of amides is 1. The molecular weight excluding hydrogens is 366 g/mol. The highest BCUT2D eigenvalue weighted by Crippen LogP contribution is 2.14. The minimum atomic E-state index is -0.548. The summed E-state index contributed by atoms with van der Waals surface area (Å²) in [5, 5.41) is 7.38. The molecule has 0 bridgehead atoms. The number of aromatic nitrogens is 2. The van der Waals surface area contributed by atoms with Crippen molar-refractivity contribution in [1.82, 2.24) is 15.1 Å². The molecule has 0 saturated carbocycles. The van der Waals surface area contributed by atoms with Crippen LogP contribution in [0, 0.1) is 0 Å². The van der Waals surface area contributed by atoms with E-state index in [9.17, 15) is 9.59 Å². The molecule has 27 heavy (non-hydrogen) atoms. The van der Waals surface area contributed by atoms with Gasteiger partial charge in [0, 0.05) is 24.0 Å². The third-order valence-electron chi connectivity index (χ3n) is 3.86. The molecule has 2 aromatic carbocycles. The number of rotatable bonds is 7. The predicted molar refractivity (Wildman–Crippen MR) is 101 cm³/mol. The Morgan fingerprint density at radius 1 is 1.07 bits per heavy atom. The Kier molecular flexibility index (Phi) is 6.22. The van der Waals surface area contributed by atoms with E-state index >= 15 is 0 Å². The van der Waals surface area contributed by atoms with Gasteiger partial charge in [0.15, 0.2) is 6.61 Å². The second kappa shape index (κ2) is 9.00. The van der Waals surface area contributed by atoms with Gasteiger partial charge in [-0.3, -0.25) is 9.48 Å². The van der Waals surface area contributed by atoms with E-state index in [4.69, 9.17) is 16.3 Å². The molecule has 1 aromatic heterocycles. The Labute approximate surface area is 161 Å². The first-order valence-electron chi connectivity index (χ1n) is 8.35. The molecule has 0 atom stereocenters. The summed E-state index contributed by atoms with van der Waals surface area (Å²) in [5.41, 5.74) is 2.19. The third kappa shape index (κ3) is 5.43. The summed E-state index contributed by atoms with van der Waals surface area (Å²) in [6, 6.07) is 16.1. The van der Waals surface area contributed by atoms with Crippen LogP contribution in [0.1, 0.15) is 21.5 Å². The topological polar surface area (TPSA) is 73.2 Å². The lowest BCUT2D eigenvalue weighted by Crippen LogP contribution is -2.28. The van der Waals surface area contributed by atoms with Gasteiger partial charge in [-0.25, -0.2) is 4.79 Å². The molecule has 1 heterocycles. The van der Waals surface area contributed by atoms with Gasteiger partial charge < -0.3 is 10.1 Å². The highest BCUT2D eigenvalue weighted by molar-refractivity contribution is 6.31. The SMILES string of the molecule is O=C(COC(=O)c1ccc(Cn2cccn2)cc1)NCc1ccccc1Cl. The highest BCUT2D eigenvalue weighted by atomic mass is 35.5. The molecule has 138 valence electrons. The minimum absolute atomic E-state index is 0.276. The first-order chi connectivity index (χ1) is 13.1. The number of hydrogen-bond acceptors (Lipinski definition) is 4. The number of esters is 1. The molecule has 0 aliphatic rings. The summed E-state index contributed by atoms with van der Waals surface area (Å²) in [6.07, 6.45) is 3.58. The quantitative estimate of drug-likeness (QED) is 0.636. The fourth-order valence-electron chi connectivity index (χ4n) is 2.43. The molecule has 7 heteroatoms. The highest BCUT2D eigenvalue weighted by Gasteiger charge is 2.10. The van der Waals surface area contributed by atoms with Gasteiger partial charge in [-0.1, -0.05) is 41.9 Å². The van der Waals surface area contributed by atoms with Crippen molar-refractivity contribution < 1.29 is 14.3 Å². The summed E-state index contributed by atoms with van der Waals surface area (Å²) in [6.45, 7) is 0.545. The molecular formula is C20H18ClN3O3. The second-order valence-electron chi connectivity index (χ2n) is 5.84. The monoisotopic (exact) mass is 383 g/mol. The molecule has 3 aromatic rings. The summed E-state index contributed by atoms with van der Waals surface area (Å²) in [7, 11) is 0. The predicted octanol–water partition coefficient (Wildman–Crippen LogP) is 3.06. The van der Waals surface area contributed by atoms with Crippen LogP contribution in [0.2, 0.25) is 5.02 Å². The van der Waals surface area contributed by atoms with E-state index in [1.165, 1.54) is 0 Å². The number of nitrogens with zero attached hydrogens (tertiary/aromatic N) is 2. The molecule has 6 nitrogen and oxygen atoms in total. The van der Waals surface area contributed by atoms with Gasteiger partial charge in [0.1, 0.15) is 0 Å². The standard InChI is InChI=1S/C20H18ClN3O3/c21-18-5-2-1-4-17(18)12-22-19(25)14-27-20(26)16-8-6-15(7-9-16)13-24-11-3-10-23-24/h1-11H,12-14H2,(H,22,25). The minimum Gasteiger partial charge on any atom is -0.452 e. The van der Waals surface area contributed by atoms with Crippen LogP contribution in [-0.4, -0.2) is 28.3 Å². The van der Waals surface area contributed by atoms with E-state index in [0.29, 0.717) is 17.1 Å². The number of hydrogen-bond donors (Lipinski definition) is 1. The maximum atomic E-state index is 12.1. The first-order valence-corrected chi connectivity index (χ1v) is 8.73. The summed E-state index contributed by atoms with van der Waals surface area (Å²) >= 11 is 6.03. The molecule has 0 aliphatic heterocycles. The smallest absolute Gasteiger partial charge is 0.338 e. The van der Waals surface area contributed by atoms with Gasteiger partial charge in [-0.15, -0.1) is 0 Å². The summed E-state index contributed by atoms with van der Waals surface area (Å²) in [4.78, 5) is 23.9. The van der Waals surface area contributed by atoms with Crippen LogP contribution < -0.4 is 5.32 Å². The zero-order chi connectivity index (χ0) is 19.1. The Balaban J connectivity index is 1.45. The largest absolute Gasteiger partial charge is 0.452 e. The van der Waals surface area contributed by atoms with E-state index in [1.807, 2.05) is 42.6 Å². The van der Waals surface area contributed by atoms with Crippen LogP contribution >= 0.6 is 11.6 Å². The lowest BCUT2D eigenvalue weighted by molar-refractivity contribution is -0.124. The average Bonchev–Trinajstić information content (AvgIpc) is 3.19. The van der Waals surface area contributed by atoms with Crippen molar-refractivity contribution >= 4 is 23.5 Å². The fourth-order valence-corrected chi connectivity index (χ4v) is 2.63. The molecule has 0 saturated heterocycles. The van der Waals surface area contributed by atoms with Crippen molar-refractivity contribution in [2.24, 2.45) is 0 Å². The summed E-state index contributed by atoms with van der Waals surface area (Å²) in [5.74, 6) is -0.938. The van der Waals surface area contributed by atoms with Crippen LogP contribution in [0.4, 0.5) is 0 Å². The van der Waals surface area contributed by atoms with Crippen molar-refractivity contribution in [1.29, 1.82) is 0 Å². The number of ether oxygens (including phenoxy) is 1. The average molecular weight is 384 g/mol. The Morgan fingerprint density at radius 2 is 1.85 bits per heavy atom. The van der Waals surface area contributed by atoms with Crippen LogP contribution in [0.15, 0.2) is 67.0 Å². The molecule has 0 unspecified atom stereocenters. The van der Waals surface area contributed by atoms with Crippen molar-refractivity contribution in [2.45, 2.75) is 13.1 Å². The normalized spacial score (nSPS) is 10.4. The third-order valence-corrected chi connectivity index (χ3v) is 4.23. The van der Waals surface area contributed by atoms with Gasteiger partial charge in [-0.05, 0) is 35.4 Å². The van der Waals surface area contributed by atoms with Crippen LogP contribution in [0.25, 0.3) is 0 Å². The Hall–Kier alpha value is -3.12. The molecule has 0 aliphatic carbocycles. The zero-order valence-electron chi connectivity index (χ0n) is 14.5. The number of nitrogens with one attached hydrogen (secondary N) is 1. The number of halogens is 1. The van der Waals surface area contributed by atoms with Crippen molar-refractivity contribution in [3.63, 3.8) is 0 Å². The van der Waals surface area contributed by atoms with E-state index in [0.717, 1.165) is 11.1 Å².